The van der Waals surface area contributed by atoms with Gasteiger partial charge in [0.1, 0.15) is 18.4 Å². The third-order valence-corrected chi connectivity index (χ3v) is 5.02. The summed E-state index contributed by atoms with van der Waals surface area (Å²) in [6.07, 6.45) is 2.20. The zero-order valence-electron chi connectivity index (χ0n) is 18.8. The van der Waals surface area contributed by atoms with Gasteiger partial charge in [0.2, 0.25) is 17.7 Å². The third kappa shape index (κ3) is 9.74. The van der Waals surface area contributed by atoms with Gasteiger partial charge in [-0.15, -0.1) is 0 Å². The molecule has 2 aromatic rings. The lowest BCUT2D eigenvalue weighted by Gasteiger charge is -2.19. The molecule has 8 heteroatoms. The molecule has 1 radical (unpaired) electrons. The number of aliphatic hydroxyl groups is 1. The molecule has 2 aromatic carbocycles. The summed E-state index contributed by atoms with van der Waals surface area (Å²) in [7, 11) is 0. The largest absolute Gasteiger partial charge is 0.489 e. The summed E-state index contributed by atoms with van der Waals surface area (Å²) < 4.78 is 5.79. The highest BCUT2D eigenvalue weighted by atomic mass is 16.5. The Balaban J connectivity index is 1.96. The molecule has 0 bridgehead atoms. The highest BCUT2D eigenvalue weighted by Crippen LogP contribution is 2.16. The Bertz CT molecular complexity index is 887. The zero-order chi connectivity index (χ0) is 24.1. The fourth-order valence-electron chi connectivity index (χ4n) is 2.95. The van der Waals surface area contributed by atoms with Gasteiger partial charge in [0.15, 0.2) is 0 Å². The van der Waals surface area contributed by atoms with Gasteiger partial charge in [0.25, 0.3) is 0 Å². The van der Waals surface area contributed by atoms with E-state index in [1.807, 2.05) is 54.6 Å². The number of ether oxygens (including phenoxy) is 1. The van der Waals surface area contributed by atoms with Crippen LogP contribution in [-0.2, 0) is 27.4 Å². The topological polar surface area (TPSA) is 131 Å². The van der Waals surface area contributed by atoms with Crippen LogP contribution in [0, 0.1) is 12.3 Å². The van der Waals surface area contributed by atoms with Gasteiger partial charge in [-0.05, 0) is 36.1 Å². The Morgan fingerprint density at radius 2 is 1.76 bits per heavy atom. The van der Waals surface area contributed by atoms with E-state index in [9.17, 15) is 14.4 Å². The van der Waals surface area contributed by atoms with Crippen molar-refractivity contribution in [2.24, 2.45) is 11.7 Å². The molecule has 33 heavy (non-hydrogen) atoms. The molecular formula is C25H32N3O5. The molecule has 0 aliphatic carbocycles. The minimum atomic E-state index is -0.813. The molecule has 0 aliphatic rings. The van der Waals surface area contributed by atoms with Gasteiger partial charge in [0.05, 0.1) is 6.42 Å². The van der Waals surface area contributed by atoms with Crippen LogP contribution in [0.1, 0.15) is 30.9 Å². The summed E-state index contributed by atoms with van der Waals surface area (Å²) in [6, 6.07) is 16.3. The molecule has 3 amide bonds. The van der Waals surface area contributed by atoms with E-state index >= 15 is 0 Å². The summed E-state index contributed by atoms with van der Waals surface area (Å²) in [4.78, 5) is 36.1. The van der Waals surface area contributed by atoms with E-state index in [-0.39, 0.29) is 25.4 Å². The number of nitrogens with one attached hydrogen (secondary N) is 2. The van der Waals surface area contributed by atoms with Gasteiger partial charge < -0.3 is 26.2 Å². The highest BCUT2D eigenvalue weighted by molar-refractivity contribution is 5.91. The second-order valence-corrected chi connectivity index (χ2v) is 7.79. The summed E-state index contributed by atoms with van der Waals surface area (Å²) in [5.41, 5.74) is 7.13. The monoisotopic (exact) mass is 454 g/mol. The second-order valence-electron chi connectivity index (χ2n) is 7.79. The Hall–Kier alpha value is -3.39. The minimum Gasteiger partial charge on any atom is -0.489 e. The Labute approximate surface area is 194 Å². The second kappa shape index (κ2) is 13.9. The molecule has 2 atom stereocenters. The van der Waals surface area contributed by atoms with Crippen LogP contribution >= 0.6 is 0 Å². The number of aliphatic hydroxyl groups excluding tert-OH is 1. The number of nitrogens with two attached hydrogens (primary N) is 1. The van der Waals surface area contributed by atoms with Crippen LogP contribution in [0.4, 0.5) is 0 Å². The normalized spacial score (nSPS) is 12.4. The number of carbonyl (C=O) groups is 3. The van der Waals surface area contributed by atoms with Crippen molar-refractivity contribution in [1.82, 2.24) is 10.6 Å². The molecule has 0 aromatic heterocycles. The quantitative estimate of drug-likeness (QED) is 0.322. The van der Waals surface area contributed by atoms with Crippen molar-refractivity contribution < 1.29 is 24.2 Å². The zero-order valence-corrected chi connectivity index (χ0v) is 18.8. The molecule has 177 valence electrons. The smallest absolute Gasteiger partial charge is 0.242 e. The van der Waals surface area contributed by atoms with Gasteiger partial charge in [-0.3, -0.25) is 14.4 Å². The van der Waals surface area contributed by atoms with Crippen LogP contribution in [0.15, 0.2) is 54.6 Å². The molecule has 0 aliphatic heterocycles. The summed E-state index contributed by atoms with van der Waals surface area (Å²) >= 11 is 0. The van der Waals surface area contributed by atoms with Crippen molar-refractivity contribution in [3.8, 4) is 5.75 Å². The highest BCUT2D eigenvalue weighted by Gasteiger charge is 2.22. The fraction of sp³-hybridized carbons (Fsp3) is 0.360. The van der Waals surface area contributed by atoms with Crippen molar-refractivity contribution in [2.75, 3.05) is 13.2 Å². The van der Waals surface area contributed by atoms with E-state index in [4.69, 9.17) is 15.6 Å². The number of hydrogen-bond donors (Lipinski definition) is 4. The fourth-order valence-corrected chi connectivity index (χ4v) is 2.95. The van der Waals surface area contributed by atoms with E-state index < -0.39 is 23.8 Å². The predicted octanol–water partition coefficient (Wildman–Crippen LogP) is 1.51. The number of hydrogen-bond acceptors (Lipinski definition) is 5. The Morgan fingerprint density at radius 1 is 1.06 bits per heavy atom. The first-order valence-corrected chi connectivity index (χ1v) is 11.0. The van der Waals surface area contributed by atoms with Crippen molar-refractivity contribution in [2.45, 2.75) is 38.8 Å². The molecule has 0 saturated heterocycles. The Morgan fingerprint density at radius 3 is 2.39 bits per heavy atom. The number of amides is 3. The number of benzene rings is 2. The number of rotatable bonds is 14. The van der Waals surface area contributed by atoms with Gasteiger partial charge in [-0.25, -0.2) is 0 Å². The predicted molar refractivity (Wildman–Crippen MR) is 125 cm³/mol. The number of primary amides is 1. The molecule has 5 N–H and O–H groups in total. The molecule has 8 nitrogen and oxygen atoms in total. The maximum atomic E-state index is 12.6. The van der Waals surface area contributed by atoms with E-state index in [2.05, 4.69) is 10.6 Å². The van der Waals surface area contributed by atoms with Crippen LogP contribution in [0.2, 0.25) is 0 Å². The van der Waals surface area contributed by atoms with Crippen molar-refractivity contribution in [3.63, 3.8) is 0 Å². The Kier molecular flexibility index (Phi) is 10.9. The molecular weight excluding hydrogens is 422 g/mol. The maximum absolute atomic E-state index is 12.6. The lowest BCUT2D eigenvalue weighted by Crippen LogP contribution is -2.48. The van der Waals surface area contributed by atoms with Gasteiger partial charge >= 0.3 is 0 Å². The number of carbonyl (C=O) groups excluding carboxylic acids is 3. The van der Waals surface area contributed by atoms with Gasteiger partial charge in [-0.2, -0.15) is 0 Å². The SMILES string of the molecule is CC(C[CH]C(=O)NC(Cc1ccc(OCc2ccccc2)cc1)C(=O)NCCCO)C(N)=O. The van der Waals surface area contributed by atoms with Crippen LogP contribution in [0.5, 0.6) is 5.75 Å². The molecule has 0 saturated carbocycles. The van der Waals surface area contributed by atoms with Crippen molar-refractivity contribution in [1.29, 1.82) is 0 Å². The van der Waals surface area contributed by atoms with Crippen LogP contribution in [0.25, 0.3) is 0 Å². The van der Waals surface area contributed by atoms with Gasteiger partial charge in [-0.1, -0.05) is 49.4 Å². The maximum Gasteiger partial charge on any atom is 0.242 e. The lowest BCUT2D eigenvalue weighted by atomic mass is 10.0. The van der Waals surface area contributed by atoms with Crippen LogP contribution in [-0.4, -0.2) is 42.0 Å². The first-order valence-electron chi connectivity index (χ1n) is 11.0. The molecule has 0 heterocycles. The van der Waals surface area contributed by atoms with E-state index in [1.165, 1.54) is 6.42 Å². The van der Waals surface area contributed by atoms with E-state index in [1.54, 1.807) is 6.92 Å². The van der Waals surface area contributed by atoms with Gasteiger partial charge in [0, 0.05) is 25.5 Å². The molecule has 0 spiro atoms. The molecule has 2 rings (SSSR count). The van der Waals surface area contributed by atoms with Crippen molar-refractivity contribution >= 4 is 17.7 Å². The van der Waals surface area contributed by atoms with Crippen molar-refractivity contribution in [3.05, 3.63) is 72.1 Å². The first kappa shape index (κ1) is 25.9. The minimum absolute atomic E-state index is 0.0411. The van der Waals surface area contributed by atoms with Crippen LogP contribution < -0.4 is 21.1 Å². The molecule has 2 unspecified atom stereocenters. The van der Waals surface area contributed by atoms with Crippen LogP contribution in [0.3, 0.4) is 0 Å². The standard InChI is InChI=1S/C25H32N3O5/c1-18(24(26)31)8-13-23(30)28-22(25(32)27-14-5-15-29)16-19-9-11-21(12-10-19)33-17-20-6-3-2-4-7-20/h2-4,6-7,9-13,18,22,29H,5,8,14-17H2,1H3,(H2,26,31)(H,27,32)(H,28,30). The first-order chi connectivity index (χ1) is 15.9. The lowest BCUT2D eigenvalue weighted by molar-refractivity contribution is -0.127. The average Bonchev–Trinajstić information content (AvgIpc) is 2.82. The summed E-state index contributed by atoms with van der Waals surface area (Å²) in [6.45, 7) is 2.34. The average molecular weight is 455 g/mol. The summed E-state index contributed by atoms with van der Waals surface area (Å²) in [5.74, 6) is -1.07. The van der Waals surface area contributed by atoms with E-state index in [0.29, 0.717) is 25.3 Å². The van der Waals surface area contributed by atoms with E-state index in [0.717, 1.165) is 11.1 Å². The third-order valence-electron chi connectivity index (χ3n) is 5.02. The molecule has 0 fully saturated rings. The summed E-state index contributed by atoms with van der Waals surface area (Å²) in [5, 5.41) is 14.3.